The molecule has 2 atom stereocenters. The van der Waals surface area contributed by atoms with Gasteiger partial charge in [-0.15, -0.1) is 0 Å². The highest BCUT2D eigenvalue weighted by atomic mass is 16.5. The highest BCUT2D eigenvalue weighted by molar-refractivity contribution is 5.85. The lowest BCUT2D eigenvalue weighted by atomic mass is 10.2. The first kappa shape index (κ1) is 11.0. The van der Waals surface area contributed by atoms with Crippen LogP contribution in [-0.2, 0) is 14.3 Å². The molecular weight excluding hydrogens is 182 g/mol. The molecule has 1 fully saturated rings. The molecule has 1 aliphatic rings. The standard InChI is InChI=1S/C10H17NO3/c1-4-9(12)11-7(2)5-6-8(11)10(13)14-3/h7-8H,4-6H2,1-3H3/t7?,8-/m0/s1. The van der Waals surface area contributed by atoms with E-state index in [1.807, 2.05) is 13.8 Å². The molecule has 1 aliphatic heterocycles. The third kappa shape index (κ3) is 1.89. The zero-order valence-corrected chi connectivity index (χ0v) is 8.95. The number of likely N-dealkylation sites (tertiary alicyclic amines) is 1. The van der Waals surface area contributed by atoms with Gasteiger partial charge in [-0.2, -0.15) is 0 Å². The van der Waals surface area contributed by atoms with E-state index in [0.29, 0.717) is 6.42 Å². The number of ether oxygens (including phenoxy) is 1. The lowest BCUT2D eigenvalue weighted by molar-refractivity contribution is -0.151. The zero-order valence-electron chi connectivity index (χ0n) is 8.95. The second-order valence-corrected chi connectivity index (χ2v) is 3.62. The van der Waals surface area contributed by atoms with Crippen LogP contribution in [0.5, 0.6) is 0 Å². The SMILES string of the molecule is CCC(=O)N1C(C)CC[C@H]1C(=O)OC. The molecule has 80 valence electrons. The maximum Gasteiger partial charge on any atom is 0.328 e. The van der Waals surface area contributed by atoms with E-state index in [0.717, 1.165) is 12.8 Å². The van der Waals surface area contributed by atoms with Gasteiger partial charge in [-0.3, -0.25) is 4.79 Å². The largest absolute Gasteiger partial charge is 0.467 e. The number of carbonyl (C=O) groups is 2. The fraction of sp³-hybridized carbons (Fsp3) is 0.800. The molecular formula is C10H17NO3. The Hall–Kier alpha value is -1.06. The number of nitrogens with zero attached hydrogens (tertiary/aromatic N) is 1. The van der Waals surface area contributed by atoms with E-state index in [2.05, 4.69) is 4.74 Å². The molecule has 0 spiro atoms. The molecule has 0 N–H and O–H groups in total. The summed E-state index contributed by atoms with van der Waals surface area (Å²) in [6.07, 6.45) is 2.04. The van der Waals surface area contributed by atoms with Crippen LogP contribution in [0.1, 0.15) is 33.1 Å². The quantitative estimate of drug-likeness (QED) is 0.622. The molecule has 1 rings (SSSR count). The minimum atomic E-state index is -0.359. The van der Waals surface area contributed by atoms with Gasteiger partial charge in [0, 0.05) is 12.5 Å². The first-order valence-electron chi connectivity index (χ1n) is 5.00. The Balaban J connectivity index is 2.76. The predicted octanol–water partition coefficient (Wildman–Crippen LogP) is 0.949. The normalized spacial score (nSPS) is 26.4. The molecule has 1 saturated heterocycles. The Morgan fingerprint density at radius 2 is 2.07 bits per heavy atom. The Kier molecular flexibility index (Phi) is 3.49. The molecule has 0 bridgehead atoms. The minimum absolute atomic E-state index is 0.0328. The molecule has 1 amide bonds. The van der Waals surface area contributed by atoms with Crippen molar-refractivity contribution in [3.05, 3.63) is 0 Å². The van der Waals surface area contributed by atoms with Crippen molar-refractivity contribution in [1.82, 2.24) is 4.90 Å². The van der Waals surface area contributed by atoms with Crippen LogP contribution < -0.4 is 0 Å². The van der Waals surface area contributed by atoms with Crippen molar-refractivity contribution in [2.45, 2.75) is 45.2 Å². The fourth-order valence-corrected chi connectivity index (χ4v) is 1.95. The number of amides is 1. The first-order chi connectivity index (χ1) is 6.61. The average molecular weight is 199 g/mol. The van der Waals surface area contributed by atoms with Gasteiger partial charge >= 0.3 is 5.97 Å². The van der Waals surface area contributed by atoms with Crippen molar-refractivity contribution in [2.75, 3.05) is 7.11 Å². The van der Waals surface area contributed by atoms with Gasteiger partial charge in [-0.25, -0.2) is 4.79 Å². The van der Waals surface area contributed by atoms with Crippen LogP contribution in [0, 0.1) is 0 Å². The van der Waals surface area contributed by atoms with Crippen molar-refractivity contribution in [1.29, 1.82) is 0 Å². The van der Waals surface area contributed by atoms with Gasteiger partial charge < -0.3 is 9.64 Å². The van der Waals surface area contributed by atoms with Crippen LogP contribution in [0.3, 0.4) is 0 Å². The van der Waals surface area contributed by atoms with E-state index in [-0.39, 0.29) is 24.0 Å². The number of carbonyl (C=O) groups excluding carboxylic acids is 2. The van der Waals surface area contributed by atoms with Crippen LogP contribution >= 0.6 is 0 Å². The second-order valence-electron chi connectivity index (χ2n) is 3.62. The first-order valence-corrected chi connectivity index (χ1v) is 5.00. The van der Waals surface area contributed by atoms with Crippen LogP contribution in [0.2, 0.25) is 0 Å². The monoisotopic (exact) mass is 199 g/mol. The Morgan fingerprint density at radius 1 is 1.43 bits per heavy atom. The molecule has 4 heteroatoms. The van der Waals surface area contributed by atoms with Crippen molar-refractivity contribution in [2.24, 2.45) is 0 Å². The average Bonchev–Trinajstić information content (AvgIpc) is 2.58. The summed E-state index contributed by atoms with van der Waals surface area (Å²) in [5.74, 6) is -0.262. The van der Waals surface area contributed by atoms with Gasteiger partial charge in [-0.05, 0) is 19.8 Å². The maximum absolute atomic E-state index is 11.6. The Bertz CT molecular complexity index is 240. The number of hydrogen-bond donors (Lipinski definition) is 0. The van der Waals surface area contributed by atoms with Crippen molar-refractivity contribution in [3.63, 3.8) is 0 Å². The van der Waals surface area contributed by atoms with Crippen LogP contribution in [-0.4, -0.2) is 36.0 Å². The Morgan fingerprint density at radius 3 is 2.57 bits per heavy atom. The molecule has 0 saturated carbocycles. The molecule has 4 nitrogen and oxygen atoms in total. The van der Waals surface area contributed by atoms with E-state index >= 15 is 0 Å². The van der Waals surface area contributed by atoms with Gasteiger partial charge in [0.15, 0.2) is 0 Å². The predicted molar refractivity (Wildman–Crippen MR) is 51.6 cm³/mol. The zero-order chi connectivity index (χ0) is 10.7. The summed E-state index contributed by atoms with van der Waals surface area (Å²) in [5.41, 5.74) is 0. The van der Waals surface area contributed by atoms with Crippen molar-refractivity contribution in [3.8, 4) is 0 Å². The Labute approximate surface area is 84.2 Å². The summed E-state index contributed by atoms with van der Waals surface area (Å²) in [6.45, 7) is 3.78. The summed E-state index contributed by atoms with van der Waals surface area (Å²) in [7, 11) is 1.36. The van der Waals surface area contributed by atoms with Gasteiger partial charge in [0.25, 0.3) is 0 Å². The lowest BCUT2D eigenvalue weighted by Crippen LogP contribution is -2.44. The number of rotatable bonds is 2. The van der Waals surface area contributed by atoms with E-state index in [9.17, 15) is 9.59 Å². The van der Waals surface area contributed by atoms with E-state index in [1.165, 1.54) is 7.11 Å². The smallest absolute Gasteiger partial charge is 0.328 e. The van der Waals surface area contributed by atoms with Gasteiger partial charge in [0.2, 0.25) is 5.91 Å². The summed E-state index contributed by atoms with van der Waals surface area (Å²) in [4.78, 5) is 24.6. The second kappa shape index (κ2) is 4.44. The van der Waals surface area contributed by atoms with Crippen LogP contribution in [0.25, 0.3) is 0 Å². The molecule has 1 unspecified atom stereocenters. The molecule has 14 heavy (non-hydrogen) atoms. The van der Waals surface area contributed by atoms with Crippen molar-refractivity contribution < 1.29 is 14.3 Å². The molecule has 0 aromatic carbocycles. The van der Waals surface area contributed by atoms with Gasteiger partial charge in [-0.1, -0.05) is 6.92 Å². The molecule has 0 radical (unpaired) electrons. The number of esters is 1. The highest BCUT2D eigenvalue weighted by Crippen LogP contribution is 2.25. The summed E-state index contributed by atoms with van der Waals surface area (Å²) in [6, 6.07) is -0.200. The number of methoxy groups -OCH3 is 1. The van der Waals surface area contributed by atoms with Gasteiger partial charge in [0.1, 0.15) is 6.04 Å². The molecule has 1 heterocycles. The van der Waals surface area contributed by atoms with Crippen LogP contribution in [0.15, 0.2) is 0 Å². The van der Waals surface area contributed by atoms with Crippen molar-refractivity contribution >= 4 is 11.9 Å². The molecule has 0 aliphatic carbocycles. The summed E-state index contributed by atoms with van der Waals surface area (Å²) >= 11 is 0. The maximum atomic E-state index is 11.6. The topological polar surface area (TPSA) is 46.6 Å². The third-order valence-electron chi connectivity index (χ3n) is 2.73. The summed E-state index contributed by atoms with van der Waals surface area (Å²) in [5, 5.41) is 0. The summed E-state index contributed by atoms with van der Waals surface area (Å²) < 4.78 is 4.67. The van der Waals surface area contributed by atoms with Crippen LogP contribution in [0.4, 0.5) is 0 Å². The fourth-order valence-electron chi connectivity index (χ4n) is 1.95. The number of hydrogen-bond acceptors (Lipinski definition) is 3. The van der Waals surface area contributed by atoms with E-state index in [4.69, 9.17) is 0 Å². The minimum Gasteiger partial charge on any atom is -0.467 e. The van der Waals surface area contributed by atoms with Gasteiger partial charge in [0.05, 0.1) is 7.11 Å². The molecule has 0 aromatic rings. The van der Waals surface area contributed by atoms with E-state index in [1.54, 1.807) is 4.90 Å². The molecule has 0 aromatic heterocycles. The third-order valence-corrected chi connectivity index (χ3v) is 2.73. The van der Waals surface area contributed by atoms with E-state index < -0.39 is 0 Å². The highest BCUT2D eigenvalue weighted by Gasteiger charge is 2.38. The lowest BCUT2D eigenvalue weighted by Gasteiger charge is -2.26.